The molecule has 2 fully saturated rings. The summed E-state index contributed by atoms with van der Waals surface area (Å²) < 4.78 is 40.3. The fourth-order valence-corrected chi connectivity index (χ4v) is 5.03. The van der Waals surface area contributed by atoms with Crippen molar-refractivity contribution in [2.24, 2.45) is 11.8 Å². The third kappa shape index (κ3) is 5.27. The highest BCUT2D eigenvalue weighted by atomic mass is 32.1. The number of carbonyl (C=O) groups is 1. The minimum atomic E-state index is -1.36. The summed E-state index contributed by atoms with van der Waals surface area (Å²) in [5.74, 6) is -2.16. The lowest BCUT2D eigenvalue weighted by molar-refractivity contribution is -0.121. The van der Waals surface area contributed by atoms with E-state index in [0.29, 0.717) is 17.9 Å². The molecule has 0 radical (unpaired) electrons. The summed E-state index contributed by atoms with van der Waals surface area (Å²) >= 11 is 5.44. The molecule has 2 aliphatic rings. The molecule has 182 valence electrons. The Morgan fingerprint density at radius 3 is 2.65 bits per heavy atom. The molecule has 0 unspecified atom stereocenters. The monoisotopic (exact) mass is 490 g/mol. The Kier molecular flexibility index (Phi) is 7.57. The van der Waals surface area contributed by atoms with Crippen molar-refractivity contribution in [2.45, 2.75) is 37.0 Å². The van der Waals surface area contributed by atoms with Crippen LogP contribution in [0.2, 0.25) is 0 Å². The van der Waals surface area contributed by atoms with Gasteiger partial charge in [-0.2, -0.15) is 0 Å². The highest BCUT2D eigenvalue weighted by Crippen LogP contribution is 2.47. The molecule has 1 saturated heterocycles. The molecule has 1 aliphatic carbocycles. The van der Waals surface area contributed by atoms with E-state index in [-0.39, 0.29) is 30.0 Å². The SMILES string of the molecule is COC[C@H](O)[C@@H]1C[C@H](C2CC2)OC[C@@]1(NC(=S)NC(=O)c1ccccc1)c1ccc(F)cc1F. The van der Waals surface area contributed by atoms with E-state index in [9.17, 15) is 14.3 Å². The maximum absolute atomic E-state index is 15.2. The average Bonchev–Trinajstić information content (AvgIpc) is 3.65. The van der Waals surface area contributed by atoms with Crippen LogP contribution in [0.4, 0.5) is 8.78 Å². The first-order chi connectivity index (χ1) is 16.3. The van der Waals surface area contributed by atoms with E-state index < -0.39 is 35.1 Å². The zero-order valence-electron chi connectivity index (χ0n) is 18.8. The number of methoxy groups -OCH3 is 1. The highest BCUT2D eigenvalue weighted by Gasteiger charge is 2.53. The lowest BCUT2D eigenvalue weighted by Crippen LogP contribution is -2.63. The molecule has 4 atom stereocenters. The maximum atomic E-state index is 15.2. The molecule has 4 rings (SSSR count). The minimum Gasteiger partial charge on any atom is -0.390 e. The normalized spacial score (nSPS) is 25.4. The summed E-state index contributed by atoms with van der Waals surface area (Å²) in [6.07, 6.45) is 1.42. The van der Waals surface area contributed by atoms with Crippen LogP contribution in [0.25, 0.3) is 0 Å². The van der Waals surface area contributed by atoms with Crippen molar-refractivity contribution in [3.63, 3.8) is 0 Å². The van der Waals surface area contributed by atoms with Gasteiger partial charge in [-0.1, -0.05) is 24.3 Å². The van der Waals surface area contributed by atoms with Crippen molar-refractivity contribution in [2.75, 3.05) is 20.3 Å². The molecule has 2 aromatic carbocycles. The first-order valence-electron chi connectivity index (χ1n) is 11.3. The van der Waals surface area contributed by atoms with E-state index in [0.717, 1.165) is 25.0 Å². The van der Waals surface area contributed by atoms with Crippen LogP contribution in [-0.4, -0.2) is 48.7 Å². The predicted molar refractivity (Wildman–Crippen MR) is 126 cm³/mol. The van der Waals surface area contributed by atoms with Crippen LogP contribution in [0.3, 0.4) is 0 Å². The topological polar surface area (TPSA) is 79.8 Å². The van der Waals surface area contributed by atoms with Gasteiger partial charge in [-0.05, 0) is 55.6 Å². The molecule has 0 spiro atoms. The second kappa shape index (κ2) is 10.4. The third-order valence-electron chi connectivity index (χ3n) is 6.61. The van der Waals surface area contributed by atoms with E-state index in [1.165, 1.54) is 13.2 Å². The number of hydrogen-bond donors (Lipinski definition) is 3. The molecular formula is C25H28F2N2O4S. The van der Waals surface area contributed by atoms with Crippen molar-refractivity contribution in [3.8, 4) is 0 Å². The Morgan fingerprint density at radius 1 is 1.26 bits per heavy atom. The molecule has 1 aliphatic heterocycles. The third-order valence-corrected chi connectivity index (χ3v) is 6.81. The number of aliphatic hydroxyl groups is 1. The molecule has 3 N–H and O–H groups in total. The Bertz CT molecular complexity index is 1040. The van der Waals surface area contributed by atoms with Gasteiger partial charge in [0.15, 0.2) is 5.11 Å². The van der Waals surface area contributed by atoms with Crippen LogP contribution >= 0.6 is 12.2 Å². The molecule has 0 bridgehead atoms. The van der Waals surface area contributed by atoms with E-state index in [2.05, 4.69) is 10.6 Å². The van der Waals surface area contributed by atoms with Gasteiger partial charge in [-0.15, -0.1) is 0 Å². The Labute approximate surface area is 202 Å². The fourth-order valence-electron chi connectivity index (χ4n) is 4.76. The fraction of sp³-hybridized carbons (Fsp3) is 0.440. The molecule has 1 heterocycles. The smallest absolute Gasteiger partial charge is 0.257 e. The van der Waals surface area contributed by atoms with Crippen LogP contribution in [0.1, 0.15) is 35.2 Å². The molecule has 34 heavy (non-hydrogen) atoms. The predicted octanol–water partition coefficient (Wildman–Crippen LogP) is 3.29. The molecular weight excluding hydrogens is 462 g/mol. The number of aliphatic hydroxyl groups excluding tert-OH is 1. The van der Waals surface area contributed by atoms with Gasteiger partial charge < -0.3 is 19.9 Å². The van der Waals surface area contributed by atoms with Crippen LogP contribution < -0.4 is 10.6 Å². The lowest BCUT2D eigenvalue weighted by atomic mass is 9.70. The Balaban J connectivity index is 1.68. The van der Waals surface area contributed by atoms with Crippen LogP contribution in [-0.2, 0) is 15.0 Å². The summed E-state index contributed by atoms with van der Waals surface area (Å²) in [6.45, 7) is -0.0130. The standard InChI is InChI=1S/C25H28F2N2O4S/c1-32-13-21(30)19-12-22(15-7-8-15)33-14-25(19,18-10-9-17(26)11-20(18)27)29-24(34)28-23(31)16-5-3-2-4-6-16/h2-6,9-11,15,19,21-22,30H,7-8,12-14H2,1H3,(H2,28,29,31,34)/t19-,21-,22+,25+/m0/s1. The second-order valence-electron chi connectivity index (χ2n) is 8.92. The van der Waals surface area contributed by atoms with Crippen molar-refractivity contribution >= 4 is 23.2 Å². The summed E-state index contributed by atoms with van der Waals surface area (Å²) in [6, 6.07) is 11.8. The van der Waals surface area contributed by atoms with E-state index in [1.807, 2.05) is 0 Å². The van der Waals surface area contributed by atoms with Gasteiger partial charge in [0.1, 0.15) is 11.6 Å². The zero-order valence-corrected chi connectivity index (χ0v) is 19.6. The average molecular weight is 491 g/mol. The number of nitrogens with one attached hydrogen (secondary N) is 2. The quantitative estimate of drug-likeness (QED) is 0.517. The van der Waals surface area contributed by atoms with Crippen LogP contribution in [0.5, 0.6) is 0 Å². The van der Waals surface area contributed by atoms with Gasteiger partial charge in [0, 0.05) is 30.2 Å². The van der Waals surface area contributed by atoms with Crippen molar-refractivity contribution < 1.29 is 28.2 Å². The number of carbonyl (C=O) groups excluding carboxylic acids is 1. The van der Waals surface area contributed by atoms with E-state index in [1.54, 1.807) is 30.3 Å². The largest absolute Gasteiger partial charge is 0.390 e. The van der Waals surface area contributed by atoms with Gasteiger partial charge >= 0.3 is 0 Å². The molecule has 2 aromatic rings. The van der Waals surface area contributed by atoms with Gasteiger partial charge in [0.05, 0.1) is 31.0 Å². The van der Waals surface area contributed by atoms with Crippen molar-refractivity contribution in [1.82, 2.24) is 10.6 Å². The summed E-state index contributed by atoms with van der Waals surface area (Å²) in [5, 5.41) is 16.7. The van der Waals surface area contributed by atoms with Gasteiger partial charge in [0.2, 0.25) is 0 Å². The summed E-state index contributed by atoms with van der Waals surface area (Å²) in [5.41, 5.74) is -0.861. The number of amides is 1. The van der Waals surface area contributed by atoms with Crippen molar-refractivity contribution in [3.05, 3.63) is 71.3 Å². The van der Waals surface area contributed by atoms with E-state index in [4.69, 9.17) is 21.7 Å². The van der Waals surface area contributed by atoms with Crippen LogP contribution in [0.15, 0.2) is 48.5 Å². The number of hydrogen-bond acceptors (Lipinski definition) is 5. The number of thiocarbonyl (C=S) groups is 1. The number of ether oxygens (including phenoxy) is 2. The molecule has 9 heteroatoms. The summed E-state index contributed by atoms with van der Waals surface area (Å²) in [7, 11) is 1.47. The van der Waals surface area contributed by atoms with Gasteiger partial charge in [0.25, 0.3) is 5.91 Å². The Morgan fingerprint density at radius 2 is 2.00 bits per heavy atom. The maximum Gasteiger partial charge on any atom is 0.257 e. The molecule has 1 amide bonds. The number of rotatable bonds is 7. The first-order valence-corrected chi connectivity index (χ1v) is 11.7. The molecule has 6 nitrogen and oxygen atoms in total. The van der Waals surface area contributed by atoms with Gasteiger partial charge in [-0.3, -0.25) is 10.1 Å². The number of benzene rings is 2. The minimum absolute atomic E-state index is 0.0113. The van der Waals surface area contributed by atoms with Crippen molar-refractivity contribution in [1.29, 1.82) is 0 Å². The number of halogens is 2. The van der Waals surface area contributed by atoms with Gasteiger partial charge in [-0.25, -0.2) is 8.78 Å². The highest BCUT2D eigenvalue weighted by molar-refractivity contribution is 7.80. The molecule has 1 saturated carbocycles. The molecule has 0 aromatic heterocycles. The zero-order chi connectivity index (χ0) is 24.3. The second-order valence-corrected chi connectivity index (χ2v) is 9.33. The summed E-state index contributed by atoms with van der Waals surface area (Å²) in [4.78, 5) is 12.7. The lowest BCUT2D eigenvalue weighted by Gasteiger charge is -2.49. The Hall–Kier alpha value is -2.46. The van der Waals surface area contributed by atoms with E-state index >= 15 is 4.39 Å². The van der Waals surface area contributed by atoms with Crippen LogP contribution in [0, 0.1) is 23.5 Å². The first kappa shape index (κ1) is 24.7.